The second-order valence-electron chi connectivity index (χ2n) is 12.7. The topological polar surface area (TPSA) is 90.9 Å². The molecule has 7 atom stereocenters. The molecule has 3 N–H and O–H groups in total. The highest BCUT2D eigenvalue weighted by molar-refractivity contribution is 7.99. The Kier molecular flexibility index (Phi) is 10.0. The quantitative estimate of drug-likeness (QED) is 0.453. The van der Waals surface area contributed by atoms with Gasteiger partial charge in [-0.1, -0.05) is 56.5 Å². The van der Waals surface area contributed by atoms with Gasteiger partial charge in [0, 0.05) is 30.3 Å². The molecule has 0 unspecified atom stereocenters. The summed E-state index contributed by atoms with van der Waals surface area (Å²) in [5.74, 6) is 3.27. The molecule has 8 heteroatoms. The summed E-state index contributed by atoms with van der Waals surface area (Å²) in [6.45, 7) is 9.26. The minimum atomic E-state index is -0.844. The highest BCUT2D eigenvalue weighted by atomic mass is 32.2. The number of carbonyl (C=O) groups excluding carboxylic acids is 2. The number of carbonyl (C=O) groups is 2. The third-order valence-corrected chi connectivity index (χ3v) is 9.67. The molecule has 0 bridgehead atoms. The van der Waals surface area contributed by atoms with Crippen molar-refractivity contribution in [1.82, 2.24) is 15.5 Å². The Morgan fingerprint density at radius 1 is 1.13 bits per heavy atom. The number of hydrogen-bond donors (Lipinski definition) is 3. The first-order chi connectivity index (χ1) is 18.1. The van der Waals surface area contributed by atoms with Gasteiger partial charge in [-0.25, -0.2) is 4.79 Å². The molecule has 3 aliphatic rings. The maximum Gasteiger partial charge on any atom is 0.407 e. The summed E-state index contributed by atoms with van der Waals surface area (Å²) in [7, 11) is 0. The van der Waals surface area contributed by atoms with Crippen LogP contribution in [0.3, 0.4) is 0 Å². The van der Waals surface area contributed by atoms with Gasteiger partial charge in [0.25, 0.3) is 0 Å². The van der Waals surface area contributed by atoms with Crippen LogP contribution in [0.5, 0.6) is 0 Å². The van der Waals surface area contributed by atoms with Crippen molar-refractivity contribution >= 4 is 23.8 Å². The van der Waals surface area contributed by atoms with Crippen molar-refractivity contribution in [3.63, 3.8) is 0 Å². The molecule has 4 rings (SSSR count). The number of ether oxygens (including phenoxy) is 1. The zero-order valence-corrected chi connectivity index (χ0v) is 24.3. The highest BCUT2D eigenvalue weighted by Crippen LogP contribution is 2.39. The number of benzene rings is 1. The van der Waals surface area contributed by atoms with Crippen LogP contribution in [-0.4, -0.2) is 76.4 Å². The summed E-state index contributed by atoms with van der Waals surface area (Å²) >= 11 is 1.80. The second-order valence-corrected chi connectivity index (χ2v) is 13.8. The Labute approximate surface area is 232 Å². The van der Waals surface area contributed by atoms with Crippen molar-refractivity contribution < 1.29 is 19.4 Å². The number of aliphatic hydroxyl groups is 1. The van der Waals surface area contributed by atoms with E-state index in [9.17, 15) is 14.7 Å². The highest BCUT2D eigenvalue weighted by Gasteiger charge is 2.42. The van der Waals surface area contributed by atoms with Gasteiger partial charge in [0.2, 0.25) is 5.91 Å². The van der Waals surface area contributed by atoms with Crippen molar-refractivity contribution in [2.24, 2.45) is 17.8 Å². The van der Waals surface area contributed by atoms with E-state index in [0.29, 0.717) is 30.7 Å². The van der Waals surface area contributed by atoms with Crippen LogP contribution < -0.4 is 10.6 Å². The van der Waals surface area contributed by atoms with E-state index in [1.165, 1.54) is 25.7 Å². The minimum absolute atomic E-state index is 0.0356. The molecule has 2 amide bonds. The Bertz CT molecular complexity index is 924. The maximum absolute atomic E-state index is 13.4. The Morgan fingerprint density at radius 3 is 2.50 bits per heavy atom. The number of β-amino-alcohol motifs (C(OH)–C–C–N with tert-alkyl or cyclic N) is 1. The normalized spacial score (nSPS) is 29.7. The maximum atomic E-state index is 13.4. The van der Waals surface area contributed by atoms with Crippen molar-refractivity contribution in [2.75, 3.05) is 24.6 Å². The summed E-state index contributed by atoms with van der Waals surface area (Å²) in [4.78, 5) is 28.5. The molecule has 0 aromatic heterocycles. The van der Waals surface area contributed by atoms with Crippen LogP contribution in [0.2, 0.25) is 0 Å². The lowest BCUT2D eigenvalue weighted by Gasteiger charge is -2.47. The molecule has 2 heterocycles. The fourth-order valence-corrected chi connectivity index (χ4v) is 7.61. The molecule has 3 fully saturated rings. The van der Waals surface area contributed by atoms with Gasteiger partial charge in [-0.15, -0.1) is 0 Å². The van der Waals surface area contributed by atoms with Crippen molar-refractivity contribution in [3.05, 3.63) is 35.9 Å². The van der Waals surface area contributed by atoms with Crippen LogP contribution in [0.1, 0.15) is 65.4 Å². The summed E-state index contributed by atoms with van der Waals surface area (Å²) < 4.78 is 5.76. The largest absolute Gasteiger partial charge is 0.445 e. The standard InChI is InChI=1S/C30H47N3O4S/c1-20-18-38-19-27(20)37-29(36)31-24(14-21-10-6-5-7-11-21)26(34)17-33-16-23-13-9-8-12-22(23)15-25(33)28(35)32-30(2,3)4/h5-7,10-11,20,22-27,34H,8-9,12-19H2,1-4H3,(H,31,36)(H,32,35)/t20-,22+,23-,24+,25+,26-,27+/m1/s1. The number of piperidine rings is 1. The third-order valence-electron chi connectivity index (χ3n) is 8.35. The van der Waals surface area contributed by atoms with Gasteiger partial charge < -0.3 is 20.5 Å². The van der Waals surface area contributed by atoms with Gasteiger partial charge in [-0.3, -0.25) is 9.69 Å². The number of fused-ring (bicyclic) bond motifs is 1. The smallest absolute Gasteiger partial charge is 0.407 e. The number of nitrogens with zero attached hydrogens (tertiary/aromatic N) is 1. The zero-order chi connectivity index (χ0) is 27.3. The van der Waals surface area contributed by atoms with E-state index in [1.54, 1.807) is 11.8 Å². The van der Waals surface area contributed by atoms with Crippen molar-refractivity contribution in [3.8, 4) is 0 Å². The molecule has 1 aromatic carbocycles. The first kappa shape index (κ1) is 29.2. The summed E-state index contributed by atoms with van der Waals surface area (Å²) in [6.07, 6.45) is 4.73. The molecule has 2 aliphatic heterocycles. The van der Waals surface area contributed by atoms with Crippen molar-refractivity contribution in [1.29, 1.82) is 0 Å². The van der Waals surface area contributed by atoms with Gasteiger partial charge in [0.05, 0.1) is 18.2 Å². The number of amides is 2. The number of rotatable bonds is 8. The monoisotopic (exact) mass is 545 g/mol. The number of likely N-dealkylation sites (tertiary alicyclic amines) is 1. The van der Waals surface area contributed by atoms with Crippen LogP contribution in [0.4, 0.5) is 4.79 Å². The van der Waals surface area contributed by atoms with E-state index in [4.69, 9.17) is 4.74 Å². The van der Waals surface area contributed by atoms with E-state index in [-0.39, 0.29) is 23.6 Å². The molecule has 1 saturated carbocycles. The molecule has 1 aliphatic carbocycles. The predicted octanol–water partition coefficient (Wildman–Crippen LogP) is 4.23. The lowest BCUT2D eigenvalue weighted by atomic mass is 9.72. The number of alkyl carbamates (subject to hydrolysis) is 1. The Hall–Kier alpha value is -1.77. The van der Waals surface area contributed by atoms with Gasteiger partial charge >= 0.3 is 6.09 Å². The van der Waals surface area contributed by atoms with E-state index < -0.39 is 18.2 Å². The molecule has 0 radical (unpaired) electrons. The first-order valence-corrected chi connectivity index (χ1v) is 15.6. The number of aliphatic hydroxyl groups excluding tert-OH is 1. The predicted molar refractivity (Wildman–Crippen MR) is 153 cm³/mol. The minimum Gasteiger partial charge on any atom is -0.445 e. The lowest BCUT2D eigenvalue weighted by Crippen LogP contribution is -2.60. The molecular weight excluding hydrogens is 498 g/mol. The summed E-state index contributed by atoms with van der Waals surface area (Å²) in [5.41, 5.74) is 0.719. The zero-order valence-electron chi connectivity index (χ0n) is 23.5. The average Bonchev–Trinajstić information content (AvgIpc) is 3.26. The van der Waals surface area contributed by atoms with Crippen LogP contribution in [-0.2, 0) is 16.0 Å². The Morgan fingerprint density at radius 2 is 1.84 bits per heavy atom. The van der Waals surface area contributed by atoms with Gasteiger partial charge in [0.1, 0.15) is 6.10 Å². The van der Waals surface area contributed by atoms with E-state index in [1.807, 2.05) is 51.1 Å². The van der Waals surface area contributed by atoms with Crippen LogP contribution >= 0.6 is 11.8 Å². The molecule has 7 nitrogen and oxygen atoms in total. The molecule has 2 saturated heterocycles. The van der Waals surface area contributed by atoms with E-state index >= 15 is 0 Å². The number of hydrogen-bond acceptors (Lipinski definition) is 6. The van der Waals surface area contributed by atoms with Crippen LogP contribution in [0.25, 0.3) is 0 Å². The summed E-state index contributed by atoms with van der Waals surface area (Å²) in [5, 5.41) is 17.7. The van der Waals surface area contributed by atoms with Crippen molar-refractivity contribution in [2.45, 2.75) is 96.1 Å². The Balaban J connectivity index is 1.48. The first-order valence-electron chi connectivity index (χ1n) is 14.4. The van der Waals surface area contributed by atoms with E-state index in [2.05, 4.69) is 22.5 Å². The second kappa shape index (κ2) is 13.1. The molecular formula is C30H47N3O4S. The number of thioether (sulfide) groups is 1. The molecule has 0 spiro atoms. The van der Waals surface area contributed by atoms with Crippen LogP contribution in [0, 0.1) is 17.8 Å². The summed E-state index contributed by atoms with van der Waals surface area (Å²) in [6, 6.07) is 9.12. The fourth-order valence-electron chi connectivity index (χ4n) is 6.26. The van der Waals surface area contributed by atoms with E-state index in [0.717, 1.165) is 30.0 Å². The fraction of sp³-hybridized carbons (Fsp3) is 0.733. The lowest BCUT2D eigenvalue weighted by molar-refractivity contribution is -0.132. The van der Waals surface area contributed by atoms with Gasteiger partial charge in [0.15, 0.2) is 0 Å². The molecule has 1 aromatic rings. The van der Waals surface area contributed by atoms with Crippen LogP contribution in [0.15, 0.2) is 30.3 Å². The third kappa shape index (κ3) is 8.12. The van der Waals surface area contributed by atoms with Gasteiger partial charge in [-0.05, 0) is 63.2 Å². The number of nitrogens with one attached hydrogen (secondary N) is 2. The average molecular weight is 546 g/mol. The molecule has 212 valence electrons. The van der Waals surface area contributed by atoms with Gasteiger partial charge in [-0.2, -0.15) is 11.8 Å². The molecule has 38 heavy (non-hydrogen) atoms. The SMILES string of the molecule is C[C@@H]1CSC[C@@H]1OC(=O)N[C@@H](Cc1ccccc1)[C@H](O)CN1C[C@H]2CCCC[C@H]2C[C@H]1C(=O)NC(C)(C)C.